The van der Waals surface area contributed by atoms with Crippen LogP contribution < -0.4 is 5.32 Å². The topological polar surface area (TPSA) is 24.9 Å². The van der Waals surface area contributed by atoms with Crippen LogP contribution in [-0.2, 0) is 11.8 Å². The lowest BCUT2D eigenvalue weighted by atomic mass is 10.0. The minimum absolute atomic E-state index is 0.350. The van der Waals surface area contributed by atoms with Crippen LogP contribution in [0, 0.1) is 0 Å². The zero-order valence-electron chi connectivity index (χ0n) is 11.5. The number of nitrogens with zero attached hydrogens (tertiary/aromatic N) is 1. The molecule has 3 rings (SSSR count). The van der Waals surface area contributed by atoms with Crippen molar-refractivity contribution in [2.45, 2.75) is 37.6 Å². The van der Waals surface area contributed by atoms with Crippen LogP contribution in [0.3, 0.4) is 0 Å². The van der Waals surface area contributed by atoms with E-state index in [2.05, 4.69) is 48.0 Å². The maximum absolute atomic E-state index is 4.84. The summed E-state index contributed by atoms with van der Waals surface area (Å²) in [5, 5.41) is 6.95. The van der Waals surface area contributed by atoms with Crippen LogP contribution in [0.4, 0.5) is 0 Å². The summed E-state index contributed by atoms with van der Waals surface area (Å²) < 4.78 is 0. The second-order valence-electron chi connectivity index (χ2n) is 5.66. The van der Waals surface area contributed by atoms with Crippen LogP contribution in [0.25, 0.3) is 0 Å². The zero-order chi connectivity index (χ0) is 13.3. The van der Waals surface area contributed by atoms with Crippen molar-refractivity contribution in [3.8, 4) is 0 Å². The maximum atomic E-state index is 4.84. The molecule has 0 bridgehead atoms. The number of likely N-dealkylation sites (N-methyl/N-ethyl adjacent to an activating group) is 1. The van der Waals surface area contributed by atoms with Gasteiger partial charge in [-0.05, 0) is 25.5 Å². The fraction of sp³-hybridized carbons (Fsp3) is 0.438. The smallest absolute Gasteiger partial charge is 0.0987 e. The number of thiazole rings is 1. The molecule has 0 radical (unpaired) electrons. The third kappa shape index (κ3) is 2.72. The lowest BCUT2D eigenvalue weighted by Gasteiger charge is -2.15. The van der Waals surface area contributed by atoms with Crippen LogP contribution in [0.2, 0.25) is 0 Å². The first-order valence-corrected chi connectivity index (χ1v) is 7.76. The van der Waals surface area contributed by atoms with Gasteiger partial charge in [0.25, 0.3) is 0 Å². The lowest BCUT2D eigenvalue weighted by molar-refractivity contribution is 0.584. The molecular formula is C16H20N2S. The normalized spacial score (nSPS) is 18.2. The van der Waals surface area contributed by atoms with Gasteiger partial charge in [0, 0.05) is 23.3 Å². The van der Waals surface area contributed by atoms with E-state index in [9.17, 15) is 0 Å². The van der Waals surface area contributed by atoms with Crippen molar-refractivity contribution in [2.75, 3.05) is 7.05 Å². The first-order valence-electron chi connectivity index (χ1n) is 6.88. The Morgan fingerprint density at radius 1 is 1.32 bits per heavy atom. The van der Waals surface area contributed by atoms with Gasteiger partial charge in [0.1, 0.15) is 0 Å². The van der Waals surface area contributed by atoms with Crippen molar-refractivity contribution in [3.63, 3.8) is 0 Å². The third-order valence-corrected chi connectivity index (χ3v) is 5.23. The number of rotatable bonds is 5. The first-order chi connectivity index (χ1) is 9.21. The van der Waals surface area contributed by atoms with Crippen molar-refractivity contribution in [3.05, 3.63) is 52.0 Å². The molecule has 1 unspecified atom stereocenters. The molecule has 0 saturated heterocycles. The summed E-state index contributed by atoms with van der Waals surface area (Å²) in [5.74, 6) is 0. The number of hydrogen-bond acceptors (Lipinski definition) is 3. The Morgan fingerprint density at radius 2 is 2.05 bits per heavy atom. The molecule has 2 aromatic rings. The van der Waals surface area contributed by atoms with Gasteiger partial charge in [0.05, 0.1) is 10.7 Å². The van der Waals surface area contributed by atoms with Crippen LogP contribution >= 0.6 is 11.3 Å². The standard InChI is InChI=1S/C16H20N2S/c1-16(8-9-16)15-18-13(11-19-15)10-14(17-2)12-6-4-3-5-7-12/h3-7,11,14,17H,8-10H2,1-2H3. The molecule has 3 heteroatoms. The number of hydrogen-bond donors (Lipinski definition) is 1. The van der Waals surface area contributed by atoms with Crippen molar-refractivity contribution < 1.29 is 0 Å². The Kier molecular flexibility index (Phi) is 3.42. The van der Waals surface area contributed by atoms with Gasteiger partial charge in [0.15, 0.2) is 0 Å². The summed E-state index contributed by atoms with van der Waals surface area (Å²) in [6.45, 7) is 2.32. The van der Waals surface area contributed by atoms with Crippen LogP contribution in [0.1, 0.15) is 42.1 Å². The van der Waals surface area contributed by atoms with Crippen molar-refractivity contribution in [2.24, 2.45) is 0 Å². The maximum Gasteiger partial charge on any atom is 0.0987 e. The summed E-state index contributed by atoms with van der Waals surface area (Å²) in [6.07, 6.45) is 3.56. The summed E-state index contributed by atoms with van der Waals surface area (Å²) in [4.78, 5) is 4.84. The summed E-state index contributed by atoms with van der Waals surface area (Å²) in [6, 6.07) is 11.0. The highest BCUT2D eigenvalue weighted by molar-refractivity contribution is 7.09. The molecule has 0 amide bonds. The molecule has 1 aromatic heterocycles. The Morgan fingerprint density at radius 3 is 2.68 bits per heavy atom. The van der Waals surface area contributed by atoms with E-state index >= 15 is 0 Å². The third-order valence-electron chi connectivity index (χ3n) is 4.03. The zero-order valence-corrected chi connectivity index (χ0v) is 12.3. The molecule has 2 nitrogen and oxygen atoms in total. The lowest BCUT2D eigenvalue weighted by Crippen LogP contribution is -2.19. The first kappa shape index (κ1) is 12.8. The number of aromatic nitrogens is 1. The molecule has 0 spiro atoms. The average molecular weight is 272 g/mol. The molecule has 1 N–H and O–H groups in total. The van der Waals surface area contributed by atoms with E-state index < -0.39 is 0 Å². The van der Waals surface area contributed by atoms with Gasteiger partial charge >= 0.3 is 0 Å². The van der Waals surface area contributed by atoms with E-state index in [-0.39, 0.29) is 0 Å². The highest BCUT2D eigenvalue weighted by Crippen LogP contribution is 2.48. The minimum atomic E-state index is 0.350. The molecule has 100 valence electrons. The van der Waals surface area contributed by atoms with Gasteiger partial charge in [-0.3, -0.25) is 0 Å². The Bertz CT molecular complexity index is 543. The molecule has 1 aliphatic carbocycles. The molecule has 1 aliphatic rings. The van der Waals surface area contributed by atoms with Gasteiger partial charge in [-0.2, -0.15) is 0 Å². The summed E-state index contributed by atoms with van der Waals surface area (Å²) in [5.41, 5.74) is 2.94. The molecule has 1 saturated carbocycles. The highest BCUT2D eigenvalue weighted by Gasteiger charge is 2.41. The summed E-state index contributed by atoms with van der Waals surface area (Å²) >= 11 is 1.83. The van der Waals surface area contributed by atoms with E-state index in [1.165, 1.54) is 29.1 Å². The Hall–Kier alpha value is -1.19. The molecular weight excluding hydrogens is 252 g/mol. The van der Waals surface area contributed by atoms with Gasteiger partial charge in [-0.1, -0.05) is 37.3 Å². The van der Waals surface area contributed by atoms with Crippen LogP contribution in [0.15, 0.2) is 35.7 Å². The van der Waals surface area contributed by atoms with E-state index in [1.54, 1.807) is 0 Å². The molecule has 1 aromatic carbocycles. The van der Waals surface area contributed by atoms with Crippen molar-refractivity contribution in [1.29, 1.82) is 0 Å². The molecule has 1 atom stereocenters. The average Bonchev–Trinajstić information content (AvgIpc) is 3.03. The monoisotopic (exact) mass is 272 g/mol. The van der Waals surface area contributed by atoms with Crippen molar-refractivity contribution in [1.82, 2.24) is 10.3 Å². The molecule has 0 aliphatic heterocycles. The SMILES string of the molecule is CNC(Cc1csc(C2(C)CC2)n1)c1ccccc1. The van der Waals surface area contributed by atoms with Gasteiger partial charge < -0.3 is 5.32 Å². The van der Waals surface area contributed by atoms with E-state index in [0.717, 1.165) is 6.42 Å². The predicted molar refractivity (Wildman–Crippen MR) is 80.6 cm³/mol. The Balaban J connectivity index is 1.74. The largest absolute Gasteiger partial charge is 0.313 e. The predicted octanol–water partition coefficient (Wildman–Crippen LogP) is 3.70. The van der Waals surface area contributed by atoms with E-state index in [4.69, 9.17) is 4.98 Å². The van der Waals surface area contributed by atoms with E-state index in [1.807, 2.05) is 18.4 Å². The number of benzene rings is 1. The number of nitrogens with one attached hydrogen (secondary N) is 1. The van der Waals surface area contributed by atoms with Gasteiger partial charge in [-0.15, -0.1) is 11.3 Å². The fourth-order valence-corrected chi connectivity index (χ4v) is 3.42. The van der Waals surface area contributed by atoms with Crippen LogP contribution in [-0.4, -0.2) is 12.0 Å². The van der Waals surface area contributed by atoms with Gasteiger partial charge in [0.2, 0.25) is 0 Å². The Labute approximate surface area is 118 Å². The van der Waals surface area contributed by atoms with Crippen LogP contribution in [0.5, 0.6) is 0 Å². The second kappa shape index (κ2) is 5.06. The second-order valence-corrected chi connectivity index (χ2v) is 6.52. The molecule has 1 heterocycles. The fourth-order valence-electron chi connectivity index (χ4n) is 2.36. The highest BCUT2D eigenvalue weighted by atomic mass is 32.1. The van der Waals surface area contributed by atoms with Crippen molar-refractivity contribution >= 4 is 11.3 Å². The molecule has 1 fully saturated rings. The summed E-state index contributed by atoms with van der Waals surface area (Å²) in [7, 11) is 2.02. The van der Waals surface area contributed by atoms with E-state index in [0.29, 0.717) is 11.5 Å². The molecule has 19 heavy (non-hydrogen) atoms. The quantitative estimate of drug-likeness (QED) is 0.897. The van der Waals surface area contributed by atoms with Gasteiger partial charge in [-0.25, -0.2) is 4.98 Å². The minimum Gasteiger partial charge on any atom is -0.313 e.